The standard InChI is InChI=1S/C21H20N2O3/c1-12-7-8-16-15(10-19(24)26-20(16)13(12)2)11-23-17-6-4-3-5-14(17)9-18(23)21(22)25/h3-8,10,18H,9,11H2,1-2H3,(H2,22,25)/t18-/m0/s1. The predicted octanol–water partition coefficient (Wildman–Crippen LogP) is 2.83. The molecule has 4 rings (SSSR count). The van der Waals surface area contributed by atoms with E-state index in [-0.39, 0.29) is 11.5 Å². The number of primary amides is 1. The fourth-order valence-electron chi connectivity index (χ4n) is 3.74. The Bertz CT molecular complexity index is 1080. The van der Waals surface area contributed by atoms with E-state index in [1.54, 1.807) is 0 Å². The second kappa shape index (κ2) is 6.02. The molecule has 1 aromatic heterocycles. The second-order valence-electron chi connectivity index (χ2n) is 6.85. The van der Waals surface area contributed by atoms with Gasteiger partial charge in [-0.3, -0.25) is 4.79 Å². The van der Waals surface area contributed by atoms with E-state index in [1.165, 1.54) is 6.07 Å². The lowest BCUT2D eigenvalue weighted by Gasteiger charge is -2.26. The van der Waals surface area contributed by atoms with Crippen molar-refractivity contribution in [1.82, 2.24) is 0 Å². The molecule has 2 aromatic carbocycles. The SMILES string of the molecule is Cc1ccc2c(CN3c4ccccc4C[C@H]3C(N)=O)cc(=O)oc2c1C. The summed E-state index contributed by atoms with van der Waals surface area (Å²) in [7, 11) is 0. The van der Waals surface area contributed by atoms with Crippen LogP contribution in [-0.2, 0) is 17.8 Å². The number of fused-ring (bicyclic) bond motifs is 2. The Morgan fingerprint density at radius 1 is 1.23 bits per heavy atom. The fourth-order valence-corrected chi connectivity index (χ4v) is 3.74. The Morgan fingerprint density at radius 3 is 2.77 bits per heavy atom. The molecule has 26 heavy (non-hydrogen) atoms. The molecule has 2 heterocycles. The minimum absolute atomic E-state index is 0.361. The van der Waals surface area contributed by atoms with Crippen LogP contribution in [0.1, 0.15) is 22.3 Å². The number of amides is 1. The number of carbonyl (C=O) groups is 1. The minimum atomic E-state index is -0.416. The number of aryl methyl sites for hydroxylation is 2. The molecule has 1 amide bonds. The highest BCUT2D eigenvalue weighted by molar-refractivity contribution is 5.88. The van der Waals surface area contributed by atoms with Crippen LogP contribution in [0.3, 0.4) is 0 Å². The van der Waals surface area contributed by atoms with Crippen LogP contribution in [0.5, 0.6) is 0 Å². The van der Waals surface area contributed by atoms with Crippen molar-refractivity contribution in [3.63, 3.8) is 0 Å². The molecule has 132 valence electrons. The number of benzene rings is 2. The molecule has 3 aromatic rings. The van der Waals surface area contributed by atoms with Gasteiger partial charge in [-0.2, -0.15) is 0 Å². The highest BCUT2D eigenvalue weighted by Gasteiger charge is 2.33. The first kappa shape index (κ1) is 16.4. The van der Waals surface area contributed by atoms with Crippen molar-refractivity contribution in [1.29, 1.82) is 0 Å². The first-order valence-corrected chi connectivity index (χ1v) is 8.62. The quantitative estimate of drug-likeness (QED) is 0.739. The molecule has 1 aliphatic heterocycles. The third-order valence-electron chi connectivity index (χ3n) is 5.28. The molecule has 0 saturated carbocycles. The first-order chi connectivity index (χ1) is 12.5. The fraction of sp³-hybridized carbons (Fsp3) is 0.238. The summed E-state index contributed by atoms with van der Waals surface area (Å²) in [4.78, 5) is 26.1. The molecule has 0 bridgehead atoms. The van der Waals surface area contributed by atoms with Crippen LogP contribution in [0, 0.1) is 13.8 Å². The van der Waals surface area contributed by atoms with E-state index >= 15 is 0 Å². The number of carbonyl (C=O) groups excluding carboxylic acids is 1. The molecule has 0 fully saturated rings. The summed E-state index contributed by atoms with van der Waals surface area (Å²) < 4.78 is 5.46. The Kier molecular flexibility index (Phi) is 3.80. The number of nitrogens with two attached hydrogens (primary N) is 1. The summed E-state index contributed by atoms with van der Waals surface area (Å²) >= 11 is 0. The van der Waals surface area contributed by atoms with Crippen LogP contribution in [0.15, 0.2) is 51.7 Å². The maximum absolute atomic E-state index is 12.1. The van der Waals surface area contributed by atoms with Gasteiger partial charge in [0.1, 0.15) is 11.6 Å². The van der Waals surface area contributed by atoms with Gasteiger partial charge >= 0.3 is 5.63 Å². The Hall–Kier alpha value is -3.08. The highest BCUT2D eigenvalue weighted by Crippen LogP contribution is 2.34. The minimum Gasteiger partial charge on any atom is -0.422 e. The van der Waals surface area contributed by atoms with Gasteiger partial charge in [-0.25, -0.2) is 4.79 Å². The normalized spacial score (nSPS) is 16.1. The van der Waals surface area contributed by atoms with E-state index in [9.17, 15) is 9.59 Å². The molecule has 0 saturated heterocycles. The van der Waals surface area contributed by atoms with E-state index in [0.717, 1.165) is 33.3 Å². The average Bonchev–Trinajstić information content (AvgIpc) is 2.97. The van der Waals surface area contributed by atoms with Crippen molar-refractivity contribution in [3.05, 3.63) is 75.1 Å². The van der Waals surface area contributed by atoms with Crippen molar-refractivity contribution in [2.45, 2.75) is 32.9 Å². The van der Waals surface area contributed by atoms with Crippen LogP contribution in [-0.4, -0.2) is 11.9 Å². The van der Waals surface area contributed by atoms with Gasteiger partial charge in [0.25, 0.3) is 0 Å². The highest BCUT2D eigenvalue weighted by atomic mass is 16.4. The number of para-hydroxylation sites is 1. The van der Waals surface area contributed by atoms with Gasteiger partial charge in [0, 0.05) is 30.1 Å². The van der Waals surface area contributed by atoms with Crippen LogP contribution in [0.2, 0.25) is 0 Å². The zero-order valence-corrected chi connectivity index (χ0v) is 14.8. The summed E-state index contributed by atoms with van der Waals surface area (Å²) in [5, 5.41) is 0.889. The number of hydrogen-bond donors (Lipinski definition) is 1. The first-order valence-electron chi connectivity index (χ1n) is 8.62. The molecule has 2 N–H and O–H groups in total. The Labute approximate surface area is 151 Å². The molecular formula is C21H20N2O3. The van der Waals surface area contributed by atoms with Gasteiger partial charge in [0.2, 0.25) is 5.91 Å². The number of anilines is 1. The van der Waals surface area contributed by atoms with Crippen LogP contribution in [0.25, 0.3) is 11.0 Å². The van der Waals surface area contributed by atoms with Gasteiger partial charge in [-0.15, -0.1) is 0 Å². The average molecular weight is 348 g/mol. The summed E-state index contributed by atoms with van der Waals surface area (Å²) in [6.07, 6.45) is 0.586. The number of hydrogen-bond acceptors (Lipinski definition) is 4. The van der Waals surface area contributed by atoms with Crippen LogP contribution >= 0.6 is 0 Å². The molecule has 1 aliphatic rings. The van der Waals surface area contributed by atoms with Gasteiger partial charge in [-0.1, -0.05) is 30.3 Å². The van der Waals surface area contributed by atoms with Gasteiger partial charge in [-0.05, 0) is 42.2 Å². The van der Waals surface area contributed by atoms with E-state index in [0.29, 0.717) is 18.5 Å². The van der Waals surface area contributed by atoms with Crippen molar-refractivity contribution in [2.24, 2.45) is 5.73 Å². The summed E-state index contributed by atoms with van der Waals surface area (Å²) in [6.45, 7) is 4.36. The Balaban J connectivity index is 1.85. The molecule has 5 heteroatoms. The molecule has 1 atom stereocenters. The molecule has 0 spiro atoms. The summed E-state index contributed by atoms with van der Waals surface area (Å²) in [6, 6.07) is 13.0. The van der Waals surface area contributed by atoms with E-state index < -0.39 is 6.04 Å². The third-order valence-corrected chi connectivity index (χ3v) is 5.28. The van der Waals surface area contributed by atoms with E-state index in [2.05, 4.69) is 0 Å². The molecular weight excluding hydrogens is 328 g/mol. The number of nitrogens with zero attached hydrogens (tertiary/aromatic N) is 1. The van der Waals surface area contributed by atoms with Crippen LogP contribution in [0.4, 0.5) is 5.69 Å². The van der Waals surface area contributed by atoms with Crippen molar-refractivity contribution in [3.8, 4) is 0 Å². The Morgan fingerprint density at radius 2 is 2.00 bits per heavy atom. The third kappa shape index (κ3) is 2.56. The second-order valence-corrected chi connectivity index (χ2v) is 6.85. The summed E-state index contributed by atoms with van der Waals surface area (Å²) in [5.74, 6) is -0.361. The zero-order valence-electron chi connectivity index (χ0n) is 14.8. The molecule has 5 nitrogen and oxygen atoms in total. The van der Waals surface area contributed by atoms with Crippen LogP contribution < -0.4 is 16.3 Å². The lowest BCUT2D eigenvalue weighted by molar-refractivity contribution is -0.119. The lowest BCUT2D eigenvalue weighted by Crippen LogP contribution is -2.42. The van der Waals surface area contributed by atoms with Crippen molar-refractivity contribution < 1.29 is 9.21 Å². The monoisotopic (exact) mass is 348 g/mol. The molecule has 0 unspecified atom stereocenters. The van der Waals surface area contributed by atoms with Gasteiger partial charge < -0.3 is 15.1 Å². The lowest BCUT2D eigenvalue weighted by atomic mass is 10.0. The van der Waals surface area contributed by atoms with E-state index in [4.69, 9.17) is 10.2 Å². The largest absolute Gasteiger partial charge is 0.422 e. The maximum Gasteiger partial charge on any atom is 0.336 e. The molecule has 0 aliphatic carbocycles. The topological polar surface area (TPSA) is 76.5 Å². The zero-order chi connectivity index (χ0) is 18.4. The smallest absolute Gasteiger partial charge is 0.336 e. The predicted molar refractivity (Wildman–Crippen MR) is 101 cm³/mol. The number of rotatable bonds is 3. The van der Waals surface area contributed by atoms with Gasteiger partial charge in [0.05, 0.1) is 0 Å². The van der Waals surface area contributed by atoms with Crippen molar-refractivity contribution >= 4 is 22.6 Å². The molecule has 0 radical (unpaired) electrons. The van der Waals surface area contributed by atoms with Crippen molar-refractivity contribution in [2.75, 3.05) is 4.90 Å². The maximum atomic E-state index is 12.1. The summed E-state index contributed by atoms with van der Waals surface area (Å²) in [5.41, 5.74) is 10.8. The van der Waals surface area contributed by atoms with Gasteiger partial charge in [0.15, 0.2) is 0 Å². The van der Waals surface area contributed by atoms with E-state index in [1.807, 2.05) is 55.1 Å².